The summed E-state index contributed by atoms with van der Waals surface area (Å²) in [4.78, 5) is 0.0994. The van der Waals surface area contributed by atoms with Crippen LogP contribution in [0.15, 0.2) is 47.4 Å². The molecular weight excluding hydrogens is 291 g/mol. The van der Waals surface area contributed by atoms with Crippen molar-refractivity contribution < 1.29 is 12.8 Å². The van der Waals surface area contributed by atoms with Crippen molar-refractivity contribution in [2.24, 2.45) is 0 Å². The maximum absolute atomic E-state index is 13.7. The van der Waals surface area contributed by atoms with Crippen molar-refractivity contribution in [1.82, 2.24) is 5.32 Å². The summed E-state index contributed by atoms with van der Waals surface area (Å²) in [6.07, 6.45) is 0. The molecule has 4 nitrogen and oxygen atoms in total. The lowest BCUT2D eigenvalue weighted by Crippen LogP contribution is -2.14. The molecule has 0 unspecified atom stereocenters. The maximum atomic E-state index is 13.7. The van der Waals surface area contributed by atoms with E-state index in [4.69, 9.17) is 0 Å². The summed E-state index contributed by atoms with van der Waals surface area (Å²) in [5.41, 5.74) is 1.64. The van der Waals surface area contributed by atoms with Crippen LogP contribution in [0.2, 0.25) is 0 Å². The molecule has 0 atom stereocenters. The molecule has 0 aliphatic carbocycles. The zero-order chi connectivity index (χ0) is 15.5. The first-order valence-electron chi connectivity index (χ1n) is 6.45. The van der Waals surface area contributed by atoms with Crippen LogP contribution < -0.4 is 10.0 Å². The number of sulfonamides is 1. The summed E-state index contributed by atoms with van der Waals surface area (Å²) >= 11 is 0. The second kappa shape index (κ2) is 6.24. The maximum Gasteiger partial charge on any atom is 0.261 e. The number of halogens is 1. The Hall–Kier alpha value is -1.92. The van der Waals surface area contributed by atoms with Gasteiger partial charge < -0.3 is 5.32 Å². The molecule has 112 valence electrons. The summed E-state index contributed by atoms with van der Waals surface area (Å²) in [6.45, 7) is 2.39. The van der Waals surface area contributed by atoms with Gasteiger partial charge in [0.1, 0.15) is 5.82 Å². The van der Waals surface area contributed by atoms with Gasteiger partial charge in [-0.3, -0.25) is 4.72 Å². The largest absolute Gasteiger partial charge is 0.316 e. The Kier molecular flexibility index (Phi) is 4.59. The Morgan fingerprint density at radius 2 is 1.76 bits per heavy atom. The molecule has 0 aromatic heterocycles. The molecule has 21 heavy (non-hydrogen) atoms. The predicted molar refractivity (Wildman–Crippen MR) is 81.2 cm³/mol. The van der Waals surface area contributed by atoms with Gasteiger partial charge >= 0.3 is 0 Å². The van der Waals surface area contributed by atoms with E-state index in [9.17, 15) is 12.8 Å². The van der Waals surface area contributed by atoms with Crippen molar-refractivity contribution in [3.63, 3.8) is 0 Å². The van der Waals surface area contributed by atoms with Crippen molar-refractivity contribution in [2.45, 2.75) is 18.4 Å². The second-order valence-corrected chi connectivity index (χ2v) is 6.45. The minimum absolute atomic E-state index is 0.0556. The van der Waals surface area contributed by atoms with E-state index in [1.165, 1.54) is 24.3 Å². The van der Waals surface area contributed by atoms with E-state index in [0.717, 1.165) is 11.1 Å². The standard InChI is InChI=1S/C15H17FN2O2S/c1-11-3-8-15(14(16)9-11)18-21(19,20)13-6-4-12(5-7-13)10-17-2/h3-9,17-18H,10H2,1-2H3. The number of aryl methyl sites for hydroxylation is 1. The molecule has 0 saturated heterocycles. The molecule has 0 fully saturated rings. The molecule has 0 aliphatic rings. The van der Waals surface area contributed by atoms with Crippen molar-refractivity contribution in [3.8, 4) is 0 Å². The lowest BCUT2D eigenvalue weighted by atomic mass is 10.2. The Bertz CT molecular complexity index is 728. The fraction of sp³-hybridized carbons (Fsp3) is 0.200. The van der Waals surface area contributed by atoms with E-state index in [2.05, 4.69) is 10.0 Å². The number of benzene rings is 2. The van der Waals surface area contributed by atoms with Crippen LogP contribution in [0.5, 0.6) is 0 Å². The number of nitrogens with one attached hydrogen (secondary N) is 2. The van der Waals surface area contributed by atoms with E-state index in [1.54, 1.807) is 25.1 Å². The Morgan fingerprint density at radius 1 is 1.10 bits per heavy atom. The Labute approximate surface area is 124 Å². The lowest BCUT2D eigenvalue weighted by molar-refractivity contribution is 0.598. The molecule has 0 spiro atoms. The van der Waals surface area contributed by atoms with Crippen LogP contribution in [0.25, 0.3) is 0 Å². The van der Waals surface area contributed by atoms with E-state index in [-0.39, 0.29) is 10.6 Å². The molecule has 0 bridgehead atoms. The Morgan fingerprint density at radius 3 is 2.33 bits per heavy atom. The lowest BCUT2D eigenvalue weighted by Gasteiger charge is -2.10. The fourth-order valence-electron chi connectivity index (χ4n) is 1.90. The van der Waals surface area contributed by atoms with Crippen LogP contribution in [0, 0.1) is 12.7 Å². The molecule has 0 heterocycles. The van der Waals surface area contributed by atoms with Crippen LogP contribution in [0.4, 0.5) is 10.1 Å². The third kappa shape index (κ3) is 3.80. The van der Waals surface area contributed by atoms with Crippen LogP contribution >= 0.6 is 0 Å². The first-order valence-corrected chi connectivity index (χ1v) is 7.93. The van der Waals surface area contributed by atoms with E-state index in [0.29, 0.717) is 6.54 Å². The topological polar surface area (TPSA) is 58.2 Å². The predicted octanol–water partition coefficient (Wildman–Crippen LogP) is 2.65. The minimum atomic E-state index is -3.79. The zero-order valence-corrected chi connectivity index (χ0v) is 12.7. The van der Waals surface area contributed by atoms with E-state index in [1.807, 2.05) is 7.05 Å². The number of hydrogen-bond acceptors (Lipinski definition) is 3. The minimum Gasteiger partial charge on any atom is -0.316 e. The molecule has 0 amide bonds. The molecule has 2 aromatic carbocycles. The number of anilines is 1. The molecule has 2 rings (SSSR count). The first kappa shape index (κ1) is 15.5. The van der Waals surface area contributed by atoms with Gasteiger partial charge in [0, 0.05) is 6.54 Å². The van der Waals surface area contributed by atoms with E-state index < -0.39 is 15.8 Å². The summed E-state index contributed by atoms with van der Waals surface area (Å²) in [5.74, 6) is -0.592. The smallest absolute Gasteiger partial charge is 0.261 e. The van der Waals surface area contributed by atoms with Gasteiger partial charge in [-0.25, -0.2) is 12.8 Å². The molecule has 6 heteroatoms. The van der Waals surface area contributed by atoms with Gasteiger partial charge in [0.2, 0.25) is 0 Å². The molecule has 0 radical (unpaired) electrons. The average Bonchev–Trinajstić information content (AvgIpc) is 2.43. The van der Waals surface area contributed by atoms with Crippen LogP contribution in [-0.2, 0) is 16.6 Å². The first-order chi connectivity index (χ1) is 9.92. The van der Waals surface area contributed by atoms with Gasteiger partial charge in [-0.1, -0.05) is 18.2 Å². The van der Waals surface area contributed by atoms with Gasteiger partial charge in [0.05, 0.1) is 10.6 Å². The van der Waals surface area contributed by atoms with E-state index >= 15 is 0 Å². The molecule has 2 aromatic rings. The highest BCUT2D eigenvalue weighted by molar-refractivity contribution is 7.92. The zero-order valence-electron chi connectivity index (χ0n) is 11.9. The van der Waals surface area contributed by atoms with Crippen molar-refractivity contribution in [1.29, 1.82) is 0 Å². The van der Waals surface area contributed by atoms with Crippen LogP contribution in [-0.4, -0.2) is 15.5 Å². The quantitative estimate of drug-likeness (QED) is 0.893. The summed E-state index contributed by atoms with van der Waals surface area (Å²) in [6, 6.07) is 10.8. The van der Waals surface area contributed by atoms with Crippen molar-refractivity contribution in [3.05, 3.63) is 59.4 Å². The fourth-order valence-corrected chi connectivity index (χ4v) is 2.96. The van der Waals surface area contributed by atoms with Gasteiger partial charge in [-0.15, -0.1) is 0 Å². The van der Waals surface area contributed by atoms with Crippen LogP contribution in [0.1, 0.15) is 11.1 Å². The van der Waals surface area contributed by atoms with Crippen molar-refractivity contribution >= 4 is 15.7 Å². The Balaban J connectivity index is 2.25. The molecule has 0 aliphatic heterocycles. The molecule has 2 N–H and O–H groups in total. The van der Waals surface area contributed by atoms with Gasteiger partial charge in [-0.05, 0) is 49.4 Å². The highest BCUT2D eigenvalue weighted by atomic mass is 32.2. The third-order valence-electron chi connectivity index (χ3n) is 2.98. The normalized spacial score (nSPS) is 11.4. The van der Waals surface area contributed by atoms with Gasteiger partial charge in [0.25, 0.3) is 10.0 Å². The number of rotatable bonds is 5. The summed E-state index contributed by atoms with van der Waals surface area (Å²) in [7, 11) is -1.98. The average molecular weight is 308 g/mol. The summed E-state index contributed by atoms with van der Waals surface area (Å²) in [5, 5.41) is 2.98. The summed E-state index contributed by atoms with van der Waals surface area (Å²) < 4.78 is 40.4. The van der Waals surface area contributed by atoms with Crippen molar-refractivity contribution in [2.75, 3.05) is 11.8 Å². The van der Waals surface area contributed by atoms with Gasteiger partial charge in [0.15, 0.2) is 0 Å². The van der Waals surface area contributed by atoms with Gasteiger partial charge in [-0.2, -0.15) is 0 Å². The highest BCUT2D eigenvalue weighted by Crippen LogP contribution is 2.20. The molecule has 0 saturated carbocycles. The number of hydrogen-bond donors (Lipinski definition) is 2. The highest BCUT2D eigenvalue weighted by Gasteiger charge is 2.16. The van der Waals surface area contributed by atoms with Crippen LogP contribution in [0.3, 0.4) is 0 Å². The second-order valence-electron chi connectivity index (χ2n) is 4.76. The molecular formula is C15H17FN2O2S. The third-order valence-corrected chi connectivity index (χ3v) is 4.36. The SMILES string of the molecule is CNCc1ccc(S(=O)(=O)Nc2ccc(C)cc2F)cc1. The monoisotopic (exact) mass is 308 g/mol.